The second-order valence-electron chi connectivity index (χ2n) is 5.66. The van der Waals surface area contributed by atoms with Gasteiger partial charge >= 0.3 is 0 Å². The summed E-state index contributed by atoms with van der Waals surface area (Å²) in [7, 11) is 0. The first-order chi connectivity index (χ1) is 10.7. The predicted octanol–water partition coefficient (Wildman–Crippen LogP) is 3.94. The molecule has 1 aromatic carbocycles. The van der Waals surface area contributed by atoms with Gasteiger partial charge in [-0.1, -0.05) is 22.0 Å². The van der Waals surface area contributed by atoms with Crippen molar-refractivity contribution in [2.75, 3.05) is 6.54 Å². The van der Waals surface area contributed by atoms with Crippen LogP contribution in [0.25, 0.3) is 10.9 Å². The van der Waals surface area contributed by atoms with Gasteiger partial charge in [-0.2, -0.15) is 0 Å². The second kappa shape index (κ2) is 5.61. The summed E-state index contributed by atoms with van der Waals surface area (Å²) in [5.41, 5.74) is 4.99. The van der Waals surface area contributed by atoms with E-state index >= 15 is 0 Å². The van der Waals surface area contributed by atoms with Crippen LogP contribution < -0.4 is 0 Å². The van der Waals surface area contributed by atoms with Gasteiger partial charge in [0.15, 0.2) is 4.77 Å². The van der Waals surface area contributed by atoms with E-state index in [-0.39, 0.29) is 0 Å². The fourth-order valence-corrected chi connectivity index (χ4v) is 3.60. The van der Waals surface area contributed by atoms with Crippen molar-refractivity contribution in [3.8, 4) is 0 Å². The Hall–Kier alpha value is -1.50. The summed E-state index contributed by atoms with van der Waals surface area (Å²) in [6, 6.07) is 6.38. The number of hydrogen-bond acceptors (Lipinski definition) is 3. The number of benzene rings is 1. The van der Waals surface area contributed by atoms with Crippen molar-refractivity contribution in [3.63, 3.8) is 0 Å². The minimum atomic E-state index is 0.567. The summed E-state index contributed by atoms with van der Waals surface area (Å²) in [5.74, 6) is 0. The van der Waals surface area contributed by atoms with Crippen LogP contribution in [-0.4, -0.2) is 26.4 Å². The van der Waals surface area contributed by atoms with Crippen molar-refractivity contribution in [1.29, 1.82) is 0 Å². The Labute approximate surface area is 141 Å². The Bertz CT molecular complexity index is 899. The summed E-state index contributed by atoms with van der Waals surface area (Å²) in [4.78, 5) is 13.2. The smallest absolute Gasteiger partial charge is 0.196 e. The molecular formula is C16H15BrN4S. The highest BCUT2D eigenvalue weighted by Gasteiger charge is 2.18. The highest BCUT2D eigenvalue weighted by atomic mass is 79.9. The topological polar surface area (TPSA) is 47.7 Å². The summed E-state index contributed by atoms with van der Waals surface area (Å²) in [6.07, 6.45) is 5.04. The van der Waals surface area contributed by atoms with E-state index in [1.807, 2.05) is 6.20 Å². The molecule has 0 unspecified atom stereocenters. The molecule has 1 aliphatic rings. The average Bonchev–Trinajstić information content (AvgIpc) is 2.89. The molecule has 0 radical (unpaired) electrons. The van der Waals surface area contributed by atoms with Crippen LogP contribution in [0.2, 0.25) is 0 Å². The Morgan fingerprint density at radius 2 is 2.27 bits per heavy atom. The fraction of sp³-hybridized carbons (Fsp3) is 0.250. The first-order valence-electron chi connectivity index (χ1n) is 7.24. The van der Waals surface area contributed by atoms with Crippen molar-refractivity contribution >= 4 is 39.1 Å². The molecule has 0 fully saturated rings. The zero-order valence-electron chi connectivity index (χ0n) is 11.9. The van der Waals surface area contributed by atoms with E-state index in [9.17, 15) is 0 Å². The molecule has 0 bridgehead atoms. The predicted molar refractivity (Wildman–Crippen MR) is 93.2 cm³/mol. The number of aromatic nitrogens is 3. The summed E-state index contributed by atoms with van der Waals surface area (Å²) >= 11 is 8.65. The maximum absolute atomic E-state index is 5.13. The molecule has 6 heteroatoms. The molecular weight excluding hydrogens is 360 g/mol. The van der Waals surface area contributed by atoms with Gasteiger partial charge in [-0.15, -0.1) is 0 Å². The molecule has 4 rings (SSSR count). The number of nitrogens with one attached hydrogen (secondary N) is 2. The van der Waals surface area contributed by atoms with Crippen molar-refractivity contribution in [1.82, 2.24) is 19.9 Å². The van der Waals surface area contributed by atoms with Gasteiger partial charge in [0.05, 0.1) is 0 Å². The van der Waals surface area contributed by atoms with E-state index in [1.165, 1.54) is 27.7 Å². The third kappa shape index (κ3) is 2.62. The number of halogens is 1. The van der Waals surface area contributed by atoms with Crippen molar-refractivity contribution in [3.05, 3.63) is 56.7 Å². The van der Waals surface area contributed by atoms with Gasteiger partial charge < -0.3 is 9.97 Å². The molecule has 112 valence electrons. The maximum atomic E-state index is 5.13. The van der Waals surface area contributed by atoms with E-state index in [1.54, 1.807) is 0 Å². The average molecular weight is 375 g/mol. The van der Waals surface area contributed by atoms with Crippen LogP contribution in [0.1, 0.15) is 16.8 Å². The lowest BCUT2D eigenvalue weighted by Crippen LogP contribution is -2.30. The molecule has 0 atom stereocenters. The van der Waals surface area contributed by atoms with Crippen molar-refractivity contribution in [2.24, 2.45) is 0 Å². The van der Waals surface area contributed by atoms with E-state index < -0.39 is 0 Å². The highest BCUT2D eigenvalue weighted by molar-refractivity contribution is 9.10. The van der Waals surface area contributed by atoms with Gasteiger partial charge in [0.1, 0.15) is 0 Å². The SMILES string of the molecule is S=c1ncc2c([nH]1)CN(Cc1c[nH]c3cc(Br)ccc13)CC2. The molecule has 0 saturated carbocycles. The molecule has 0 spiro atoms. The third-order valence-electron chi connectivity index (χ3n) is 4.19. The maximum Gasteiger partial charge on any atom is 0.196 e. The molecule has 1 aliphatic heterocycles. The van der Waals surface area contributed by atoms with E-state index in [0.717, 1.165) is 30.5 Å². The minimum Gasteiger partial charge on any atom is -0.361 e. The standard InChI is InChI=1S/C16H15BrN4S/c17-12-1-2-13-11(7-18-14(13)5-12)8-21-4-3-10-6-19-16(22)20-15(10)9-21/h1-2,5-7,18H,3-4,8-9H2,(H,19,20,22). The first kappa shape index (κ1) is 14.1. The minimum absolute atomic E-state index is 0.567. The lowest BCUT2D eigenvalue weighted by atomic mass is 10.1. The molecule has 2 N–H and O–H groups in total. The van der Waals surface area contributed by atoms with Crippen LogP contribution in [0.4, 0.5) is 0 Å². The van der Waals surface area contributed by atoms with Gasteiger partial charge in [-0.05, 0) is 41.9 Å². The normalized spacial score (nSPS) is 15.1. The number of hydrogen-bond donors (Lipinski definition) is 2. The Morgan fingerprint density at radius 1 is 1.36 bits per heavy atom. The largest absolute Gasteiger partial charge is 0.361 e. The number of fused-ring (bicyclic) bond motifs is 2. The number of H-pyrrole nitrogens is 2. The highest BCUT2D eigenvalue weighted by Crippen LogP contribution is 2.25. The molecule has 0 saturated heterocycles. The van der Waals surface area contributed by atoms with Crippen LogP contribution in [0.5, 0.6) is 0 Å². The van der Waals surface area contributed by atoms with Gasteiger partial charge in [0.25, 0.3) is 0 Å². The van der Waals surface area contributed by atoms with Gasteiger partial charge in [-0.25, -0.2) is 4.98 Å². The lowest BCUT2D eigenvalue weighted by Gasteiger charge is -2.27. The molecule has 22 heavy (non-hydrogen) atoms. The first-order valence-corrected chi connectivity index (χ1v) is 8.44. The Morgan fingerprint density at radius 3 is 3.18 bits per heavy atom. The summed E-state index contributed by atoms with van der Waals surface area (Å²) in [6.45, 7) is 2.87. The molecule has 0 aliphatic carbocycles. The van der Waals surface area contributed by atoms with E-state index in [2.05, 4.69) is 60.2 Å². The molecule has 4 nitrogen and oxygen atoms in total. The molecule has 3 aromatic rings. The number of aromatic amines is 2. The molecule has 3 heterocycles. The van der Waals surface area contributed by atoms with E-state index in [0.29, 0.717) is 4.77 Å². The Kier molecular flexibility index (Phi) is 3.60. The Balaban J connectivity index is 1.60. The van der Waals surface area contributed by atoms with Gasteiger partial charge in [0, 0.05) is 53.1 Å². The molecule has 0 amide bonds. The second-order valence-corrected chi connectivity index (χ2v) is 6.96. The zero-order chi connectivity index (χ0) is 15.1. The van der Waals surface area contributed by atoms with Crippen LogP contribution in [0, 0.1) is 4.77 Å². The third-order valence-corrected chi connectivity index (χ3v) is 4.89. The van der Waals surface area contributed by atoms with E-state index in [4.69, 9.17) is 12.2 Å². The van der Waals surface area contributed by atoms with Crippen LogP contribution in [0.15, 0.2) is 35.1 Å². The number of rotatable bonds is 2. The van der Waals surface area contributed by atoms with Crippen LogP contribution in [0.3, 0.4) is 0 Å². The molecule has 2 aromatic heterocycles. The van der Waals surface area contributed by atoms with Gasteiger partial charge in [0.2, 0.25) is 0 Å². The fourth-order valence-electron chi connectivity index (χ4n) is 3.06. The monoisotopic (exact) mass is 374 g/mol. The summed E-state index contributed by atoms with van der Waals surface area (Å²) < 4.78 is 1.66. The van der Waals surface area contributed by atoms with Gasteiger partial charge in [-0.3, -0.25) is 4.90 Å². The zero-order valence-corrected chi connectivity index (χ0v) is 14.3. The quantitative estimate of drug-likeness (QED) is 0.667. The lowest BCUT2D eigenvalue weighted by molar-refractivity contribution is 0.242. The number of nitrogens with zero attached hydrogens (tertiary/aromatic N) is 2. The van der Waals surface area contributed by atoms with Crippen molar-refractivity contribution in [2.45, 2.75) is 19.5 Å². The van der Waals surface area contributed by atoms with Crippen LogP contribution >= 0.6 is 28.1 Å². The van der Waals surface area contributed by atoms with Crippen molar-refractivity contribution < 1.29 is 0 Å². The summed E-state index contributed by atoms with van der Waals surface area (Å²) in [5, 5.41) is 1.29. The van der Waals surface area contributed by atoms with Crippen LogP contribution in [-0.2, 0) is 19.5 Å².